The molecule has 1 atom stereocenters. The summed E-state index contributed by atoms with van der Waals surface area (Å²) in [7, 11) is 2.10. The highest BCUT2D eigenvalue weighted by Crippen LogP contribution is 2.22. The summed E-state index contributed by atoms with van der Waals surface area (Å²) >= 11 is 0. The van der Waals surface area contributed by atoms with Gasteiger partial charge in [0.2, 0.25) is 0 Å². The number of carbonyl (C=O) groups is 2. The number of likely N-dealkylation sites (N-methyl/N-ethyl adjacent to an activating group) is 1. The van der Waals surface area contributed by atoms with E-state index >= 15 is 0 Å². The van der Waals surface area contributed by atoms with Gasteiger partial charge in [-0.3, -0.25) is 9.59 Å². The van der Waals surface area contributed by atoms with Crippen molar-refractivity contribution in [1.82, 2.24) is 14.4 Å². The number of amides is 1. The molecule has 1 amide bonds. The molecule has 26 heavy (non-hydrogen) atoms. The van der Waals surface area contributed by atoms with E-state index in [1.807, 2.05) is 49.1 Å². The third-order valence-corrected chi connectivity index (χ3v) is 5.43. The summed E-state index contributed by atoms with van der Waals surface area (Å²) in [5.74, 6) is 0.155. The average Bonchev–Trinajstić information content (AvgIpc) is 2.91. The molecule has 1 aliphatic rings. The molecule has 5 heteroatoms. The molecule has 138 valence electrons. The van der Waals surface area contributed by atoms with Crippen molar-refractivity contribution in [3.8, 4) is 5.69 Å². The van der Waals surface area contributed by atoms with Crippen LogP contribution in [0.15, 0.2) is 30.3 Å². The lowest BCUT2D eigenvalue weighted by atomic mass is 10.1. The summed E-state index contributed by atoms with van der Waals surface area (Å²) in [6.07, 6.45) is 0. The number of Topliss-reactive ketones (excluding diaryl/α,β-unsaturated/α-hetero) is 1. The predicted octanol–water partition coefficient (Wildman–Crippen LogP) is 3.07. The van der Waals surface area contributed by atoms with Crippen LogP contribution in [0.25, 0.3) is 5.69 Å². The summed E-state index contributed by atoms with van der Waals surface area (Å²) in [5, 5.41) is 0. The van der Waals surface area contributed by atoms with Gasteiger partial charge in [0.05, 0.1) is 0 Å². The third-order valence-electron chi connectivity index (χ3n) is 5.43. The lowest BCUT2D eigenvalue weighted by Gasteiger charge is -2.37. The number of carbonyl (C=O) groups excluding carboxylic acids is 2. The van der Waals surface area contributed by atoms with Gasteiger partial charge in [-0.2, -0.15) is 0 Å². The van der Waals surface area contributed by atoms with Crippen LogP contribution in [0.4, 0.5) is 0 Å². The van der Waals surface area contributed by atoms with Gasteiger partial charge in [-0.1, -0.05) is 0 Å². The van der Waals surface area contributed by atoms with Crippen LogP contribution in [0.5, 0.6) is 0 Å². The normalized spacial score (nSPS) is 18.2. The highest BCUT2D eigenvalue weighted by atomic mass is 16.2. The Labute approximate surface area is 155 Å². The topological polar surface area (TPSA) is 45.6 Å². The molecule has 1 aliphatic heterocycles. The van der Waals surface area contributed by atoms with Crippen LogP contribution >= 0.6 is 0 Å². The number of hydrogen-bond acceptors (Lipinski definition) is 3. The first-order chi connectivity index (χ1) is 12.3. The highest BCUT2D eigenvalue weighted by molar-refractivity contribution is 5.96. The second kappa shape index (κ2) is 7.08. The number of benzene rings is 1. The molecule has 1 saturated heterocycles. The number of rotatable bonds is 3. The van der Waals surface area contributed by atoms with Gasteiger partial charge in [0, 0.05) is 53.9 Å². The quantitative estimate of drug-likeness (QED) is 0.797. The van der Waals surface area contributed by atoms with E-state index < -0.39 is 0 Å². The fraction of sp³-hybridized carbons (Fsp3) is 0.429. The number of hydrogen-bond donors (Lipinski definition) is 0. The molecule has 3 rings (SSSR count). The van der Waals surface area contributed by atoms with Crippen LogP contribution in [0.1, 0.15) is 46.0 Å². The van der Waals surface area contributed by atoms with Crippen molar-refractivity contribution in [1.29, 1.82) is 0 Å². The molecule has 1 fully saturated rings. The lowest BCUT2D eigenvalue weighted by molar-refractivity contribution is 0.0572. The van der Waals surface area contributed by atoms with Gasteiger partial charge in [-0.05, 0) is 65.1 Å². The van der Waals surface area contributed by atoms with Crippen molar-refractivity contribution in [2.75, 3.05) is 26.7 Å². The molecule has 0 saturated carbocycles. The van der Waals surface area contributed by atoms with E-state index in [2.05, 4.69) is 23.4 Å². The van der Waals surface area contributed by atoms with Crippen LogP contribution < -0.4 is 0 Å². The van der Waals surface area contributed by atoms with Gasteiger partial charge in [-0.15, -0.1) is 0 Å². The maximum Gasteiger partial charge on any atom is 0.253 e. The fourth-order valence-corrected chi connectivity index (χ4v) is 3.69. The van der Waals surface area contributed by atoms with Gasteiger partial charge in [0.1, 0.15) is 0 Å². The zero-order chi connectivity index (χ0) is 19.0. The molecular formula is C21H27N3O2. The van der Waals surface area contributed by atoms with Crippen LogP contribution in [0.2, 0.25) is 0 Å². The Bertz CT molecular complexity index is 836. The average molecular weight is 353 g/mol. The molecule has 1 aromatic carbocycles. The van der Waals surface area contributed by atoms with Crippen molar-refractivity contribution < 1.29 is 9.59 Å². The van der Waals surface area contributed by atoms with Crippen LogP contribution in [-0.4, -0.2) is 58.8 Å². The number of aryl methyl sites for hydroxylation is 1. The lowest BCUT2D eigenvalue weighted by Crippen LogP contribution is -2.52. The Balaban J connectivity index is 1.83. The zero-order valence-electron chi connectivity index (χ0n) is 16.2. The van der Waals surface area contributed by atoms with E-state index in [1.54, 1.807) is 6.92 Å². The van der Waals surface area contributed by atoms with Gasteiger partial charge >= 0.3 is 0 Å². The summed E-state index contributed by atoms with van der Waals surface area (Å²) in [6.45, 7) is 10.1. The van der Waals surface area contributed by atoms with E-state index in [4.69, 9.17) is 0 Å². The molecule has 0 N–H and O–H groups in total. The minimum Gasteiger partial charge on any atom is -0.336 e. The molecule has 5 nitrogen and oxygen atoms in total. The number of piperazine rings is 1. The van der Waals surface area contributed by atoms with E-state index in [1.165, 1.54) is 0 Å². The molecule has 0 unspecified atom stereocenters. The monoisotopic (exact) mass is 353 g/mol. The summed E-state index contributed by atoms with van der Waals surface area (Å²) in [4.78, 5) is 28.8. The van der Waals surface area contributed by atoms with Gasteiger partial charge in [0.25, 0.3) is 5.91 Å². The maximum atomic E-state index is 12.8. The van der Waals surface area contributed by atoms with Gasteiger partial charge in [0.15, 0.2) is 5.78 Å². The molecular weight excluding hydrogens is 326 g/mol. The molecule has 0 spiro atoms. The van der Waals surface area contributed by atoms with Crippen molar-refractivity contribution in [3.05, 3.63) is 52.8 Å². The first-order valence-corrected chi connectivity index (χ1v) is 9.09. The second-order valence-corrected chi connectivity index (χ2v) is 7.30. The molecule has 2 heterocycles. The highest BCUT2D eigenvalue weighted by Gasteiger charge is 2.25. The van der Waals surface area contributed by atoms with Crippen LogP contribution in [0.3, 0.4) is 0 Å². The molecule has 0 aliphatic carbocycles. The maximum absolute atomic E-state index is 12.8. The zero-order valence-corrected chi connectivity index (χ0v) is 16.2. The number of aromatic nitrogens is 1. The smallest absolute Gasteiger partial charge is 0.253 e. The van der Waals surface area contributed by atoms with Gasteiger partial charge in [-0.25, -0.2) is 0 Å². The minimum absolute atomic E-state index is 0.0698. The van der Waals surface area contributed by atoms with Crippen molar-refractivity contribution in [3.63, 3.8) is 0 Å². The molecule has 2 aromatic rings. The number of ketones is 1. The predicted molar refractivity (Wildman–Crippen MR) is 103 cm³/mol. The van der Waals surface area contributed by atoms with Crippen molar-refractivity contribution >= 4 is 11.7 Å². The summed E-state index contributed by atoms with van der Waals surface area (Å²) in [5.41, 5.74) is 4.37. The Morgan fingerprint density at radius 3 is 2.27 bits per heavy atom. The van der Waals surface area contributed by atoms with Crippen LogP contribution in [-0.2, 0) is 0 Å². The van der Waals surface area contributed by atoms with Crippen LogP contribution in [0, 0.1) is 13.8 Å². The standard InChI is InChI=1S/C21H27N3O2/c1-14-12-20(17(4)25)16(3)24(14)19-8-6-18(7-9-19)21(26)23-11-10-22(5)15(2)13-23/h6-9,12,15H,10-11,13H2,1-5H3/t15-/m1/s1. The summed E-state index contributed by atoms with van der Waals surface area (Å²) in [6, 6.07) is 9.97. The van der Waals surface area contributed by atoms with Crippen molar-refractivity contribution in [2.45, 2.75) is 33.7 Å². The Morgan fingerprint density at radius 1 is 1.08 bits per heavy atom. The molecule has 0 radical (unpaired) electrons. The second-order valence-electron chi connectivity index (χ2n) is 7.30. The third kappa shape index (κ3) is 3.31. The first kappa shape index (κ1) is 18.4. The Hall–Kier alpha value is -2.40. The Morgan fingerprint density at radius 2 is 1.73 bits per heavy atom. The van der Waals surface area contributed by atoms with E-state index in [9.17, 15) is 9.59 Å². The molecule has 1 aromatic heterocycles. The fourth-order valence-electron chi connectivity index (χ4n) is 3.69. The summed E-state index contributed by atoms with van der Waals surface area (Å²) < 4.78 is 2.06. The Kier molecular flexibility index (Phi) is 5.01. The SMILES string of the molecule is CC(=O)c1cc(C)n(-c2ccc(C(=O)N3CCN(C)[C@H](C)C3)cc2)c1C. The number of nitrogens with zero attached hydrogens (tertiary/aromatic N) is 3. The minimum atomic E-state index is 0.0698. The largest absolute Gasteiger partial charge is 0.336 e. The van der Waals surface area contributed by atoms with E-state index in [0.717, 1.165) is 42.3 Å². The van der Waals surface area contributed by atoms with E-state index in [-0.39, 0.29) is 11.7 Å². The molecule has 0 bridgehead atoms. The van der Waals surface area contributed by atoms with E-state index in [0.29, 0.717) is 11.6 Å². The first-order valence-electron chi connectivity index (χ1n) is 9.09. The van der Waals surface area contributed by atoms with Gasteiger partial charge < -0.3 is 14.4 Å². The van der Waals surface area contributed by atoms with Crippen molar-refractivity contribution in [2.24, 2.45) is 0 Å².